The number of carbonyl (C=O) groups excluding carboxylic acids is 2. The summed E-state index contributed by atoms with van der Waals surface area (Å²) < 4.78 is 12.4. The number of carbonyl (C=O) groups is 2. The molecule has 0 saturated carbocycles. The van der Waals surface area contributed by atoms with Gasteiger partial charge >= 0.3 is 0 Å². The molecule has 0 fully saturated rings. The fraction of sp³-hybridized carbons (Fsp3) is 0.290. The predicted molar refractivity (Wildman–Crippen MR) is 158 cm³/mol. The van der Waals surface area contributed by atoms with E-state index in [0.717, 1.165) is 23.9 Å². The molecule has 0 unspecified atom stereocenters. The highest BCUT2D eigenvalue weighted by molar-refractivity contribution is 6.30. The molecule has 1 N–H and O–H groups in total. The number of para-hydroxylation sites is 1. The van der Waals surface area contributed by atoms with Crippen LogP contribution in [-0.2, 0) is 22.7 Å². The van der Waals surface area contributed by atoms with E-state index < -0.39 is 6.04 Å². The number of nitrogens with zero attached hydrogens (tertiary/aromatic N) is 4. The summed E-state index contributed by atoms with van der Waals surface area (Å²) in [7, 11) is 3.10. The van der Waals surface area contributed by atoms with E-state index in [9.17, 15) is 9.59 Å². The van der Waals surface area contributed by atoms with Crippen LogP contribution in [0, 0.1) is 5.92 Å². The number of rotatable bonds is 10. The molecule has 2 atom stereocenters. The van der Waals surface area contributed by atoms with Crippen LogP contribution in [0.25, 0.3) is 11.0 Å². The summed E-state index contributed by atoms with van der Waals surface area (Å²) in [6.07, 6.45) is 6.47. The first-order chi connectivity index (χ1) is 20.0. The maximum Gasteiger partial charge on any atom is 0.247 e. The summed E-state index contributed by atoms with van der Waals surface area (Å²) in [6.45, 7) is 0.160. The minimum atomic E-state index is -0.760. The largest absolute Gasteiger partial charge is 0.497 e. The number of benzene rings is 3. The average molecular weight is 574 g/mol. The van der Waals surface area contributed by atoms with Crippen LogP contribution in [0.3, 0.4) is 0 Å². The lowest BCUT2D eigenvalue weighted by molar-refractivity contribution is -0.142. The summed E-state index contributed by atoms with van der Waals surface area (Å²) in [5.74, 6) is 0.442. The van der Waals surface area contributed by atoms with E-state index in [1.165, 1.54) is 7.11 Å². The molecule has 5 rings (SSSR count). The van der Waals surface area contributed by atoms with Crippen molar-refractivity contribution in [3.8, 4) is 11.5 Å². The zero-order valence-corrected chi connectivity index (χ0v) is 23.8. The number of allylic oxidation sites excluding steroid dienone is 2. The summed E-state index contributed by atoms with van der Waals surface area (Å²) in [5, 5.41) is 12.1. The number of aromatic nitrogens is 3. The number of fused-ring (bicyclic) bond motifs is 1. The van der Waals surface area contributed by atoms with Crippen LogP contribution in [-0.4, -0.2) is 52.0 Å². The lowest BCUT2D eigenvalue weighted by Crippen LogP contribution is -2.52. The number of hydrogen-bond acceptors (Lipinski definition) is 6. The standard InChI is InChI=1S/C31H32ClN5O4/c1-40-24-16-17-26(28(18-24)41-2)33-31(39)30(22-8-4-3-5-9-22)36(19-21-12-14-23(32)15-13-21)29(38)20-37-27-11-7-6-10-25(27)34-35-37/h3-4,6-7,10-18,22,30H,5,8-9,19-20H2,1-2H3,(H,33,39)/t22-,30+/m0/s1. The average Bonchev–Trinajstić information content (AvgIpc) is 3.41. The Balaban J connectivity index is 1.51. The van der Waals surface area contributed by atoms with Gasteiger partial charge in [0.25, 0.3) is 0 Å². The third kappa shape index (κ3) is 6.52. The monoisotopic (exact) mass is 573 g/mol. The van der Waals surface area contributed by atoms with Crippen molar-refractivity contribution in [1.82, 2.24) is 19.9 Å². The van der Waals surface area contributed by atoms with Crippen LogP contribution in [0.4, 0.5) is 5.69 Å². The quantitative estimate of drug-likeness (QED) is 0.252. The van der Waals surface area contributed by atoms with E-state index in [1.807, 2.05) is 36.4 Å². The second-order valence-corrected chi connectivity index (χ2v) is 10.4. The Morgan fingerprint density at radius 2 is 1.88 bits per heavy atom. The Morgan fingerprint density at radius 3 is 2.61 bits per heavy atom. The summed E-state index contributed by atoms with van der Waals surface area (Å²) in [4.78, 5) is 30.0. The molecule has 0 bridgehead atoms. The van der Waals surface area contributed by atoms with Crippen LogP contribution in [0.15, 0.2) is 78.9 Å². The fourth-order valence-electron chi connectivity index (χ4n) is 5.20. The van der Waals surface area contributed by atoms with E-state index in [0.29, 0.717) is 34.1 Å². The Kier molecular flexibility index (Phi) is 8.84. The number of amides is 2. The molecule has 3 aromatic carbocycles. The Bertz CT molecular complexity index is 1550. The molecule has 1 aliphatic carbocycles. The molecule has 212 valence electrons. The van der Waals surface area contributed by atoms with Crippen molar-refractivity contribution in [2.45, 2.75) is 38.4 Å². The topological polar surface area (TPSA) is 98.6 Å². The Labute approximate surface area is 243 Å². The number of halogens is 1. The second kappa shape index (κ2) is 12.9. The van der Waals surface area contributed by atoms with Crippen LogP contribution in [0.2, 0.25) is 5.02 Å². The normalized spacial score (nSPS) is 15.3. The van der Waals surface area contributed by atoms with E-state index in [1.54, 1.807) is 47.0 Å². The first kappa shape index (κ1) is 28.2. The Hall–Kier alpha value is -4.37. The molecule has 2 amide bonds. The zero-order chi connectivity index (χ0) is 28.8. The van der Waals surface area contributed by atoms with Crippen molar-refractivity contribution in [2.75, 3.05) is 19.5 Å². The van der Waals surface area contributed by atoms with Gasteiger partial charge in [0, 0.05) is 17.6 Å². The van der Waals surface area contributed by atoms with Crippen molar-refractivity contribution >= 4 is 40.1 Å². The van der Waals surface area contributed by atoms with Crippen LogP contribution >= 0.6 is 11.6 Å². The summed E-state index contributed by atoms with van der Waals surface area (Å²) in [6, 6.07) is 19.2. The lowest BCUT2D eigenvalue weighted by atomic mass is 9.85. The number of methoxy groups -OCH3 is 2. The van der Waals surface area contributed by atoms with Crippen molar-refractivity contribution in [3.05, 3.63) is 89.5 Å². The van der Waals surface area contributed by atoms with E-state index in [4.69, 9.17) is 21.1 Å². The summed E-state index contributed by atoms with van der Waals surface area (Å²) >= 11 is 6.14. The van der Waals surface area contributed by atoms with Gasteiger partial charge in [0.1, 0.15) is 29.6 Å². The van der Waals surface area contributed by atoms with Crippen molar-refractivity contribution in [2.24, 2.45) is 5.92 Å². The van der Waals surface area contributed by atoms with Crippen LogP contribution < -0.4 is 14.8 Å². The minimum absolute atomic E-state index is 0.0632. The van der Waals surface area contributed by atoms with Crippen molar-refractivity contribution in [3.63, 3.8) is 0 Å². The highest BCUT2D eigenvalue weighted by Gasteiger charge is 2.37. The maximum atomic E-state index is 14.2. The van der Waals surface area contributed by atoms with E-state index in [-0.39, 0.29) is 30.8 Å². The van der Waals surface area contributed by atoms with E-state index in [2.05, 4.69) is 27.8 Å². The smallest absolute Gasteiger partial charge is 0.247 e. The second-order valence-electron chi connectivity index (χ2n) is 9.93. The SMILES string of the molecule is COc1ccc(NC(=O)[C@@H]([C@H]2CC=CCC2)N(Cc2ccc(Cl)cc2)C(=O)Cn2nnc3ccccc32)c(OC)c1. The van der Waals surface area contributed by atoms with Gasteiger partial charge in [-0.2, -0.15) is 0 Å². The highest BCUT2D eigenvalue weighted by atomic mass is 35.5. The first-order valence-corrected chi connectivity index (χ1v) is 13.8. The molecule has 41 heavy (non-hydrogen) atoms. The van der Waals surface area contributed by atoms with E-state index >= 15 is 0 Å². The Morgan fingerprint density at radius 1 is 1.07 bits per heavy atom. The van der Waals surface area contributed by atoms with Crippen LogP contribution in [0.1, 0.15) is 24.8 Å². The van der Waals surface area contributed by atoms with Crippen molar-refractivity contribution in [1.29, 1.82) is 0 Å². The van der Waals surface area contributed by atoms with Gasteiger partial charge in [0.15, 0.2) is 0 Å². The molecular weight excluding hydrogens is 542 g/mol. The maximum absolute atomic E-state index is 14.2. The number of anilines is 1. The molecule has 1 aromatic heterocycles. The number of nitrogens with one attached hydrogen (secondary N) is 1. The van der Waals surface area contributed by atoms with Gasteiger partial charge in [0.2, 0.25) is 11.8 Å². The van der Waals surface area contributed by atoms with Crippen LogP contribution in [0.5, 0.6) is 11.5 Å². The molecule has 9 nitrogen and oxygen atoms in total. The van der Waals surface area contributed by atoms with Crippen molar-refractivity contribution < 1.29 is 19.1 Å². The van der Waals surface area contributed by atoms with Gasteiger partial charge in [-0.1, -0.05) is 53.2 Å². The molecule has 10 heteroatoms. The van der Waals surface area contributed by atoms with Gasteiger partial charge in [-0.25, -0.2) is 4.68 Å². The minimum Gasteiger partial charge on any atom is -0.497 e. The van der Waals surface area contributed by atoms with Gasteiger partial charge in [-0.05, 0) is 67.1 Å². The van der Waals surface area contributed by atoms with Gasteiger partial charge < -0.3 is 19.7 Å². The molecule has 0 spiro atoms. The highest BCUT2D eigenvalue weighted by Crippen LogP contribution is 2.32. The predicted octanol–water partition coefficient (Wildman–Crippen LogP) is 5.49. The molecule has 4 aromatic rings. The molecule has 0 radical (unpaired) electrons. The third-order valence-corrected chi connectivity index (χ3v) is 7.57. The fourth-order valence-corrected chi connectivity index (χ4v) is 5.33. The number of hydrogen-bond donors (Lipinski definition) is 1. The van der Waals surface area contributed by atoms with Gasteiger partial charge in [-0.3, -0.25) is 9.59 Å². The lowest BCUT2D eigenvalue weighted by Gasteiger charge is -2.37. The molecular formula is C31H32ClN5O4. The van der Waals surface area contributed by atoms with Gasteiger partial charge in [-0.15, -0.1) is 5.10 Å². The molecule has 1 aliphatic rings. The summed E-state index contributed by atoms with van der Waals surface area (Å²) in [5.41, 5.74) is 2.80. The molecule has 0 saturated heterocycles. The zero-order valence-electron chi connectivity index (χ0n) is 23.0. The molecule has 1 heterocycles. The third-order valence-electron chi connectivity index (χ3n) is 7.32. The molecule has 0 aliphatic heterocycles. The number of ether oxygens (including phenoxy) is 2. The first-order valence-electron chi connectivity index (χ1n) is 13.5. The van der Waals surface area contributed by atoms with Gasteiger partial charge in [0.05, 0.1) is 25.4 Å².